The fourth-order valence-corrected chi connectivity index (χ4v) is 0.719. The Morgan fingerprint density at radius 2 is 2.29 bits per heavy atom. The summed E-state index contributed by atoms with van der Waals surface area (Å²) >= 11 is 5.37. The van der Waals surface area contributed by atoms with Gasteiger partial charge in [-0.25, -0.2) is 0 Å². The van der Waals surface area contributed by atoms with Gasteiger partial charge in [-0.05, 0) is 6.42 Å². The van der Waals surface area contributed by atoms with Gasteiger partial charge >= 0.3 is 5.97 Å². The number of carbonyl (C=O) groups is 1. The van der Waals surface area contributed by atoms with Crippen molar-refractivity contribution in [3.63, 3.8) is 0 Å². The molecule has 0 radical (unpaired) electrons. The summed E-state index contributed by atoms with van der Waals surface area (Å²) in [6.45, 7) is 0. The molecule has 0 spiro atoms. The van der Waals surface area contributed by atoms with Crippen LogP contribution in [-0.2, 0) is 4.79 Å². The Morgan fingerprint density at radius 1 is 1.86 bits per heavy atom. The first kappa shape index (κ1) is 4.91. The average molecular weight is 121 g/mol. The summed E-state index contributed by atoms with van der Waals surface area (Å²) in [5, 5.41) is 8.05. The van der Waals surface area contributed by atoms with Crippen molar-refractivity contribution in [2.24, 2.45) is 5.92 Å². The first-order valence-corrected chi connectivity index (χ1v) is 2.52. The molecule has 0 bridgehead atoms. The molecule has 1 aliphatic carbocycles. The van der Waals surface area contributed by atoms with Gasteiger partial charge < -0.3 is 5.11 Å². The SMILES string of the molecule is O=C(O)[C@@H]1C[C@H]1Cl. The second-order valence-electron chi connectivity index (χ2n) is 1.70. The van der Waals surface area contributed by atoms with E-state index in [4.69, 9.17) is 16.7 Å². The van der Waals surface area contributed by atoms with E-state index in [1.54, 1.807) is 0 Å². The molecule has 0 aromatic rings. The summed E-state index contributed by atoms with van der Waals surface area (Å²) in [4.78, 5) is 9.89. The predicted octanol–water partition coefficient (Wildman–Crippen LogP) is 0.698. The van der Waals surface area contributed by atoms with Crippen LogP contribution in [0.15, 0.2) is 0 Å². The third-order valence-corrected chi connectivity index (χ3v) is 1.51. The highest BCUT2D eigenvalue weighted by molar-refractivity contribution is 6.24. The molecule has 1 aliphatic rings. The average Bonchev–Trinajstić information content (AvgIpc) is 2.17. The van der Waals surface area contributed by atoms with Crippen LogP contribution < -0.4 is 0 Å². The number of carboxylic acids is 1. The van der Waals surface area contributed by atoms with Gasteiger partial charge in [-0.15, -0.1) is 11.6 Å². The standard InChI is InChI=1S/C4H5ClO2/c5-3-1-2(3)4(6)7/h2-3H,1H2,(H,6,7)/t2-,3-/m1/s1. The van der Waals surface area contributed by atoms with E-state index in [0.29, 0.717) is 6.42 Å². The molecule has 0 saturated heterocycles. The van der Waals surface area contributed by atoms with Gasteiger partial charge in [0.1, 0.15) is 0 Å². The predicted molar refractivity (Wildman–Crippen MR) is 25.4 cm³/mol. The lowest BCUT2D eigenvalue weighted by Gasteiger charge is -1.78. The molecular formula is C4H5ClO2. The maximum absolute atomic E-state index is 9.89. The molecule has 2 atom stereocenters. The van der Waals surface area contributed by atoms with Crippen molar-refractivity contribution in [3.8, 4) is 0 Å². The topological polar surface area (TPSA) is 37.3 Å². The number of alkyl halides is 1. The first-order chi connectivity index (χ1) is 3.22. The molecule has 1 fully saturated rings. The lowest BCUT2D eigenvalue weighted by Crippen LogP contribution is -1.98. The van der Waals surface area contributed by atoms with E-state index in [0.717, 1.165) is 0 Å². The Labute approximate surface area is 46.1 Å². The minimum atomic E-state index is -0.764. The molecule has 40 valence electrons. The molecule has 1 rings (SSSR count). The van der Waals surface area contributed by atoms with Gasteiger partial charge in [-0.1, -0.05) is 0 Å². The van der Waals surface area contributed by atoms with E-state index in [1.165, 1.54) is 0 Å². The molecule has 2 nitrogen and oxygen atoms in total. The minimum absolute atomic E-state index is 0.0856. The van der Waals surface area contributed by atoms with E-state index in [9.17, 15) is 4.79 Å². The fourth-order valence-electron chi connectivity index (χ4n) is 0.420. The zero-order valence-corrected chi connectivity index (χ0v) is 4.35. The summed E-state index contributed by atoms with van der Waals surface area (Å²) in [6.07, 6.45) is 0.650. The lowest BCUT2D eigenvalue weighted by molar-refractivity contribution is -0.138. The van der Waals surface area contributed by atoms with Gasteiger partial charge in [0.05, 0.1) is 5.92 Å². The molecule has 0 heterocycles. The second kappa shape index (κ2) is 1.37. The summed E-state index contributed by atoms with van der Waals surface area (Å²) in [6, 6.07) is 0. The van der Waals surface area contributed by atoms with E-state index in [2.05, 4.69) is 0 Å². The summed E-state index contributed by atoms with van der Waals surface area (Å²) in [5.41, 5.74) is 0. The molecule has 3 heteroatoms. The zero-order valence-electron chi connectivity index (χ0n) is 3.60. The van der Waals surface area contributed by atoms with Crippen molar-refractivity contribution < 1.29 is 9.90 Å². The first-order valence-electron chi connectivity index (χ1n) is 2.08. The molecule has 0 unspecified atom stereocenters. The molecule has 1 saturated carbocycles. The molecule has 7 heavy (non-hydrogen) atoms. The number of aliphatic carboxylic acids is 1. The van der Waals surface area contributed by atoms with Crippen LogP contribution in [0.3, 0.4) is 0 Å². The maximum atomic E-state index is 9.89. The van der Waals surface area contributed by atoms with Crippen LogP contribution in [0.4, 0.5) is 0 Å². The summed E-state index contributed by atoms with van der Waals surface area (Å²) in [7, 11) is 0. The number of hydrogen-bond donors (Lipinski definition) is 1. The quantitative estimate of drug-likeness (QED) is 0.517. The van der Waals surface area contributed by atoms with Crippen molar-refractivity contribution in [1.82, 2.24) is 0 Å². The Balaban J connectivity index is 2.33. The Hall–Kier alpha value is -0.240. The summed E-state index contributed by atoms with van der Waals surface area (Å²) in [5.74, 6) is -1.01. The highest BCUT2D eigenvalue weighted by Gasteiger charge is 2.41. The van der Waals surface area contributed by atoms with Crippen molar-refractivity contribution in [2.75, 3.05) is 0 Å². The van der Waals surface area contributed by atoms with Crippen LogP contribution in [0.1, 0.15) is 6.42 Å². The monoisotopic (exact) mass is 120 g/mol. The third-order valence-electron chi connectivity index (χ3n) is 1.03. The molecule has 1 N–H and O–H groups in total. The normalized spacial score (nSPS) is 37.9. The minimum Gasteiger partial charge on any atom is -0.481 e. The van der Waals surface area contributed by atoms with E-state index < -0.39 is 5.97 Å². The van der Waals surface area contributed by atoms with Crippen molar-refractivity contribution in [2.45, 2.75) is 11.8 Å². The van der Waals surface area contributed by atoms with Gasteiger partial charge in [-0.3, -0.25) is 4.79 Å². The smallest absolute Gasteiger partial charge is 0.308 e. The van der Waals surface area contributed by atoms with Crippen molar-refractivity contribution in [3.05, 3.63) is 0 Å². The van der Waals surface area contributed by atoms with Crippen LogP contribution in [0.25, 0.3) is 0 Å². The van der Waals surface area contributed by atoms with E-state index in [1.807, 2.05) is 0 Å². The lowest BCUT2D eigenvalue weighted by atomic mass is 10.5. The zero-order chi connectivity index (χ0) is 5.44. The highest BCUT2D eigenvalue weighted by atomic mass is 35.5. The third kappa shape index (κ3) is 0.855. The van der Waals surface area contributed by atoms with Gasteiger partial charge in [0.15, 0.2) is 0 Å². The Kier molecular flexibility index (Phi) is 0.961. The van der Waals surface area contributed by atoms with Crippen LogP contribution in [0.2, 0.25) is 0 Å². The van der Waals surface area contributed by atoms with Crippen molar-refractivity contribution >= 4 is 17.6 Å². The highest BCUT2D eigenvalue weighted by Crippen LogP contribution is 2.35. The van der Waals surface area contributed by atoms with Gasteiger partial charge in [0.25, 0.3) is 0 Å². The molecular weight excluding hydrogens is 115 g/mol. The second-order valence-corrected chi connectivity index (χ2v) is 2.26. The van der Waals surface area contributed by atoms with E-state index >= 15 is 0 Å². The van der Waals surface area contributed by atoms with Crippen LogP contribution >= 0.6 is 11.6 Å². The molecule has 0 aromatic heterocycles. The Bertz CT molecular complexity index is 102. The van der Waals surface area contributed by atoms with Gasteiger partial charge in [0.2, 0.25) is 0 Å². The van der Waals surface area contributed by atoms with Gasteiger partial charge in [-0.2, -0.15) is 0 Å². The maximum Gasteiger partial charge on any atom is 0.308 e. The number of carboxylic acid groups (broad SMARTS) is 1. The van der Waals surface area contributed by atoms with Gasteiger partial charge in [0, 0.05) is 5.38 Å². The number of hydrogen-bond acceptors (Lipinski definition) is 1. The molecule has 0 aliphatic heterocycles. The summed E-state index contributed by atoms with van der Waals surface area (Å²) < 4.78 is 0. The van der Waals surface area contributed by atoms with Crippen molar-refractivity contribution in [1.29, 1.82) is 0 Å². The van der Waals surface area contributed by atoms with Crippen LogP contribution in [0.5, 0.6) is 0 Å². The van der Waals surface area contributed by atoms with Crippen LogP contribution in [0, 0.1) is 5.92 Å². The van der Waals surface area contributed by atoms with E-state index in [-0.39, 0.29) is 11.3 Å². The fraction of sp³-hybridized carbons (Fsp3) is 0.750. The number of rotatable bonds is 1. The largest absolute Gasteiger partial charge is 0.481 e. The molecule has 0 aromatic carbocycles. The number of halogens is 1. The Morgan fingerprint density at radius 3 is 2.29 bits per heavy atom. The molecule has 0 amide bonds. The van der Waals surface area contributed by atoms with Crippen LogP contribution in [-0.4, -0.2) is 16.5 Å².